The fourth-order valence-corrected chi connectivity index (χ4v) is 1.71. The Morgan fingerprint density at radius 2 is 2.40 bits per heavy atom. The zero-order chi connectivity index (χ0) is 11.1. The minimum atomic E-state index is 0.184. The molecule has 0 bridgehead atoms. The fourth-order valence-electron chi connectivity index (χ4n) is 0.944. The molecule has 1 rings (SSSR count). The van der Waals surface area contributed by atoms with Gasteiger partial charge in [-0.05, 0) is 0 Å². The monoisotopic (exact) mass is 244 g/mol. The van der Waals surface area contributed by atoms with Crippen LogP contribution in [-0.2, 0) is 0 Å². The van der Waals surface area contributed by atoms with E-state index in [4.69, 9.17) is 17.3 Å². The minimum Gasteiger partial charge on any atom is -0.369 e. The van der Waals surface area contributed by atoms with E-state index in [1.54, 1.807) is 17.8 Å². The molecule has 1 heterocycles. The maximum atomic E-state index is 5.72. The molecule has 1 aromatic heterocycles. The fraction of sp³-hybridized carbons (Fsp3) is 0.333. The van der Waals surface area contributed by atoms with E-state index >= 15 is 0 Å². The van der Waals surface area contributed by atoms with Crippen LogP contribution in [0.2, 0.25) is 5.15 Å². The highest BCUT2D eigenvalue weighted by molar-refractivity contribution is 7.99. The molecule has 0 fully saturated rings. The Bertz CT molecular complexity index is 312. The van der Waals surface area contributed by atoms with Crippen LogP contribution in [0.15, 0.2) is 18.7 Å². The van der Waals surface area contributed by atoms with E-state index in [2.05, 4.69) is 21.9 Å². The highest BCUT2D eigenvalue weighted by Gasteiger charge is 1.98. The molecule has 0 saturated heterocycles. The predicted octanol–water partition coefficient (Wildman–Crippen LogP) is 2.04. The maximum Gasteiger partial charge on any atom is 0.223 e. The van der Waals surface area contributed by atoms with Crippen LogP contribution in [-0.4, -0.2) is 28.0 Å². The van der Waals surface area contributed by atoms with Crippen molar-refractivity contribution >= 4 is 35.1 Å². The Morgan fingerprint density at radius 3 is 3.07 bits per heavy atom. The van der Waals surface area contributed by atoms with Crippen molar-refractivity contribution in [3.63, 3.8) is 0 Å². The van der Waals surface area contributed by atoms with Gasteiger partial charge in [0.25, 0.3) is 0 Å². The number of hydrogen-bond donors (Lipinski definition) is 2. The summed E-state index contributed by atoms with van der Waals surface area (Å²) in [6, 6.07) is 1.65. The van der Waals surface area contributed by atoms with Crippen LogP contribution < -0.4 is 11.1 Å². The summed E-state index contributed by atoms with van der Waals surface area (Å²) < 4.78 is 0. The number of nitrogens with two attached hydrogens (primary N) is 1. The van der Waals surface area contributed by atoms with Gasteiger partial charge in [0.05, 0.1) is 0 Å². The van der Waals surface area contributed by atoms with Gasteiger partial charge in [-0.1, -0.05) is 17.7 Å². The number of thioether (sulfide) groups is 1. The van der Waals surface area contributed by atoms with Crippen molar-refractivity contribution in [1.82, 2.24) is 9.97 Å². The van der Waals surface area contributed by atoms with Gasteiger partial charge < -0.3 is 11.1 Å². The molecule has 0 radical (unpaired) electrons. The molecule has 6 heteroatoms. The van der Waals surface area contributed by atoms with E-state index in [1.165, 1.54) is 0 Å². The SMILES string of the molecule is C=CCSCCNc1cc(Cl)nc(N)n1. The second-order valence-electron chi connectivity index (χ2n) is 2.72. The Balaban J connectivity index is 2.33. The summed E-state index contributed by atoms with van der Waals surface area (Å²) in [5.74, 6) is 2.78. The molecule has 0 saturated carbocycles. The number of nitrogen functional groups attached to an aromatic ring is 1. The van der Waals surface area contributed by atoms with Crippen molar-refractivity contribution < 1.29 is 0 Å². The minimum absolute atomic E-state index is 0.184. The number of anilines is 2. The molecule has 0 atom stereocenters. The second kappa shape index (κ2) is 6.53. The van der Waals surface area contributed by atoms with E-state index in [0.717, 1.165) is 18.1 Å². The number of nitrogens with one attached hydrogen (secondary N) is 1. The first kappa shape index (κ1) is 12.1. The van der Waals surface area contributed by atoms with E-state index in [0.29, 0.717) is 11.0 Å². The molecule has 15 heavy (non-hydrogen) atoms. The standard InChI is InChI=1S/C9H13ClN4S/c1-2-4-15-5-3-12-8-6-7(10)13-9(11)14-8/h2,6H,1,3-5H2,(H3,11,12,13,14). The molecule has 0 spiro atoms. The van der Waals surface area contributed by atoms with Crippen LogP contribution in [0.25, 0.3) is 0 Å². The third kappa shape index (κ3) is 4.90. The van der Waals surface area contributed by atoms with Gasteiger partial charge in [-0.25, -0.2) is 4.98 Å². The highest BCUT2D eigenvalue weighted by Crippen LogP contribution is 2.12. The maximum absolute atomic E-state index is 5.72. The zero-order valence-corrected chi connectivity index (χ0v) is 9.81. The van der Waals surface area contributed by atoms with Crippen LogP contribution in [0.4, 0.5) is 11.8 Å². The molecule has 0 aliphatic carbocycles. The molecule has 0 aromatic carbocycles. The van der Waals surface area contributed by atoms with Crippen molar-refractivity contribution in [2.45, 2.75) is 0 Å². The lowest BCUT2D eigenvalue weighted by Crippen LogP contribution is -2.07. The number of nitrogens with zero attached hydrogens (tertiary/aromatic N) is 2. The lowest BCUT2D eigenvalue weighted by Gasteiger charge is -2.05. The quantitative estimate of drug-likeness (QED) is 0.456. The van der Waals surface area contributed by atoms with Gasteiger partial charge in [0.15, 0.2) is 0 Å². The van der Waals surface area contributed by atoms with Crippen molar-refractivity contribution in [3.8, 4) is 0 Å². The Labute approximate surface area is 98.3 Å². The summed E-state index contributed by atoms with van der Waals surface area (Å²) in [4.78, 5) is 7.76. The summed E-state index contributed by atoms with van der Waals surface area (Å²) in [5, 5.41) is 3.47. The summed E-state index contributed by atoms with van der Waals surface area (Å²) in [5.41, 5.74) is 5.45. The van der Waals surface area contributed by atoms with Gasteiger partial charge in [0.1, 0.15) is 11.0 Å². The largest absolute Gasteiger partial charge is 0.369 e. The normalized spacial score (nSPS) is 9.93. The summed E-state index contributed by atoms with van der Waals surface area (Å²) >= 11 is 7.52. The van der Waals surface area contributed by atoms with Gasteiger partial charge >= 0.3 is 0 Å². The van der Waals surface area contributed by atoms with Crippen LogP contribution >= 0.6 is 23.4 Å². The summed E-state index contributed by atoms with van der Waals surface area (Å²) in [6.45, 7) is 4.45. The van der Waals surface area contributed by atoms with Crippen molar-refractivity contribution in [3.05, 3.63) is 23.9 Å². The predicted molar refractivity (Wildman–Crippen MR) is 67.5 cm³/mol. The Kier molecular flexibility index (Phi) is 5.28. The molecule has 1 aromatic rings. The number of hydrogen-bond acceptors (Lipinski definition) is 5. The number of aromatic nitrogens is 2. The first-order valence-electron chi connectivity index (χ1n) is 4.45. The molecule has 0 amide bonds. The molecule has 0 aliphatic rings. The molecule has 4 nitrogen and oxygen atoms in total. The van der Waals surface area contributed by atoms with E-state index < -0.39 is 0 Å². The zero-order valence-electron chi connectivity index (χ0n) is 8.24. The highest BCUT2D eigenvalue weighted by atomic mass is 35.5. The van der Waals surface area contributed by atoms with Gasteiger partial charge in [-0.2, -0.15) is 16.7 Å². The van der Waals surface area contributed by atoms with Gasteiger partial charge in [0, 0.05) is 24.1 Å². The molecular formula is C9H13ClN4S. The molecule has 0 unspecified atom stereocenters. The van der Waals surface area contributed by atoms with Crippen LogP contribution in [0.1, 0.15) is 0 Å². The lowest BCUT2D eigenvalue weighted by molar-refractivity contribution is 1.13. The third-order valence-electron chi connectivity index (χ3n) is 1.50. The number of rotatable bonds is 6. The average Bonchev–Trinajstić information content (AvgIpc) is 2.16. The smallest absolute Gasteiger partial charge is 0.223 e. The first-order valence-corrected chi connectivity index (χ1v) is 5.98. The molecule has 0 aliphatic heterocycles. The van der Waals surface area contributed by atoms with Gasteiger partial charge in [-0.3, -0.25) is 0 Å². The molecular weight excluding hydrogens is 232 g/mol. The lowest BCUT2D eigenvalue weighted by atomic mass is 10.5. The Morgan fingerprint density at radius 1 is 1.60 bits per heavy atom. The van der Waals surface area contributed by atoms with E-state index in [1.807, 2.05) is 6.08 Å². The third-order valence-corrected chi connectivity index (χ3v) is 2.66. The van der Waals surface area contributed by atoms with E-state index in [9.17, 15) is 0 Å². The van der Waals surface area contributed by atoms with Crippen molar-refractivity contribution in [2.75, 3.05) is 29.1 Å². The van der Waals surface area contributed by atoms with E-state index in [-0.39, 0.29) is 5.95 Å². The first-order chi connectivity index (χ1) is 7.22. The molecule has 3 N–H and O–H groups in total. The number of halogens is 1. The van der Waals surface area contributed by atoms with Gasteiger partial charge in [-0.15, -0.1) is 6.58 Å². The van der Waals surface area contributed by atoms with Crippen molar-refractivity contribution in [1.29, 1.82) is 0 Å². The Hall–Kier alpha value is -0.940. The van der Waals surface area contributed by atoms with Gasteiger partial charge in [0.2, 0.25) is 5.95 Å². The summed E-state index contributed by atoms with van der Waals surface area (Å²) in [6.07, 6.45) is 1.88. The topological polar surface area (TPSA) is 63.8 Å². The van der Waals surface area contributed by atoms with Crippen LogP contribution in [0.3, 0.4) is 0 Å². The molecule has 82 valence electrons. The summed E-state index contributed by atoms with van der Waals surface area (Å²) in [7, 11) is 0. The van der Waals surface area contributed by atoms with Crippen LogP contribution in [0.5, 0.6) is 0 Å². The van der Waals surface area contributed by atoms with Crippen molar-refractivity contribution in [2.24, 2.45) is 0 Å². The average molecular weight is 245 g/mol. The van der Waals surface area contributed by atoms with Crippen LogP contribution in [0, 0.1) is 0 Å². The second-order valence-corrected chi connectivity index (χ2v) is 4.26.